The molecular formula is C18H25FN2O2. The van der Waals surface area contributed by atoms with E-state index in [9.17, 15) is 9.18 Å². The summed E-state index contributed by atoms with van der Waals surface area (Å²) in [5, 5.41) is 3.57. The molecule has 126 valence electrons. The van der Waals surface area contributed by atoms with E-state index in [0.717, 1.165) is 18.4 Å². The molecule has 1 aliphatic heterocycles. The number of amides is 1. The maximum atomic E-state index is 13.2. The molecule has 1 saturated heterocycles. The minimum absolute atomic E-state index is 0.161. The number of ether oxygens (including phenoxy) is 1. The van der Waals surface area contributed by atoms with Gasteiger partial charge in [0.2, 0.25) is 0 Å². The van der Waals surface area contributed by atoms with E-state index in [-0.39, 0.29) is 11.9 Å². The van der Waals surface area contributed by atoms with E-state index in [1.54, 1.807) is 17.0 Å². The van der Waals surface area contributed by atoms with Gasteiger partial charge in [0.05, 0.1) is 0 Å². The fraction of sp³-hybridized carbons (Fsp3) is 0.611. The van der Waals surface area contributed by atoms with Gasteiger partial charge >= 0.3 is 6.09 Å². The molecule has 0 spiro atoms. The van der Waals surface area contributed by atoms with Crippen LogP contribution < -0.4 is 5.32 Å². The molecule has 1 aromatic rings. The fourth-order valence-corrected chi connectivity index (χ4v) is 3.18. The van der Waals surface area contributed by atoms with Crippen LogP contribution >= 0.6 is 0 Å². The van der Waals surface area contributed by atoms with Gasteiger partial charge in [0.25, 0.3) is 0 Å². The molecule has 0 radical (unpaired) electrons. The van der Waals surface area contributed by atoms with E-state index in [1.165, 1.54) is 6.07 Å². The summed E-state index contributed by atoms with van der Waals surface area (Å²) in [7, 11) is 0. The molecule has 4 nitrogen and oxygen atoms in total. The van der Waals surface area contributed by atoms with Gasteiger partial charge in [-0.25, -0.2) is 9.18 Å². The molecule has 1 aliphatic carbocycles. The molecule has 0 bridgehead atoms. The van der Waals surface area contributed by atoms with Gasteiger partial charge in [-0.1, -0.05) is 12.1 Å². The van der Waals surface area contributed by atoms with Crippen LogP contribution in [0, 0.1) is 5.82 Å². The Bertz CT molecular complexity index is 573. The molecule has 1 heterocycles. The van der Waals surface area contributed by atoms with Crippen LogP contribution in [-0.2, 0) is 4.74 Å². The van der Waals surface area contributed by atoms with Gasteiger partial charge in [0.1, 0.15) is 11.4 Å². The second kappa shape index (κ2) is 6.11. The molecule has 0 atom stereocenters. The Morgan fingerprint density at radius 1 is 1.26 bits per heavy atom. The van der Waals surface area contributed by atoms with E-state index < -0.39 is 5.60 Å². The second-order valence-corrected chi connectivity index (χ2v) is 7.67. The van der Waals surface area contributed by atoms with Gasteiger partial charge in [0.15, 0.2) is 0 Å². The molecule has 0 unspecified atom stereocenters. The predicted octanol–water partition coefficient (Wildman–Crippen LogP) is 3.28. The van der Waals surface area contributed by atoms with Crippen LogP contribution in [0.1, 0.15) is 45.1 Å². The van der Waals surface area contributed by atoms with Crippen molar-refractivity contribution in [2.75, 3.05) is 13.1 Å². The summed E-state index contributed by atoms with van der Waals surface area (Å²) in [5.74, 6) is 0.288. The summed E-state index contributed by atoms with van der Waals surface area (Å²) in [4.78, 5) is 13.6. The van der Waals surface area contributed by atoms with Crippen LogP contribution in [0.2, 0.25) is 0 Å². The molecular weight excluding hydrogens is 295 g/mol. The Morgan fingerprint density at radius 3 is 2.57 bits per heavy atom. The first-order chi connectivity index (χ1) is 10.8. The van der Waals surface area contributed by atoms with Crippen molar-refractivity contribution < 1.29 is 13.9 Å². The Balaban J connectivity index is 1.37. The summed E-state index contributed by atoms with van der Waals surface area (Å²) >= 11 is 0. The van der Waals surface area contributed by atoms with Crippen molar-refractivity contribution in [1.82, 2.24) is 10.2 Å². The number of nitrogens with one attached hydrogen (secondary N) is 1. The highest BCUT2D eigenvalue weighted by atomic mass is 19.1. The van der Waals surface area contributed by atoms with E-state index in [2.05, 4.69) is 5.32 Å². The van der Waals surface area contributed by atoms with Crippen molar-refractivity contribution in [3.63, 3.8) is 0 Å². The quantitative estimate of drug-likeness (QED) is 0.929. The zero-order valence-corrected chi connectivity index (χ0v) is 14.0. The first-order valence-corrected chi connectivity index (χ1v) is 8.29. The first-order valence-electron chi connectivity index (χ1n) is 8.29. The number of carbonyl (C=O) groups is 1. The lowest BCUT2D eigenvalue weighted by Gasteiger charge is -2.45. The number of likely N-dealkylation sites (tertiary alicyclic amines) is 1. The number of benzene rings is 1. The Hall–Kier alpha value is -1.62. The molecule has 1 amide bonds. The monoisotopic (exact) mass is 320 g/mol. The topological polar surface area (TPSA) is 41.6 Å². The SMILES string of the molecule is CC(C)(C)OC(=O)N1CC(NC2CC(c3cccc(F)c3)C2)C1. The lowest BCUT2D eigenvalue weighted by molar-refractivity contribution is 0.00259. The third-order valence-electron chi connectivity index (χ3n) is 4.46. The van der Waals surface area contributed by atoms with Gasteiger partial charge in [-0.15, -0.1) is 0 Å². The normalized spacial score (nSPS) is 24.8. The lowest BCUT2D eigenvalue weighted by atomic mass is 9.75. The second-order valence-electron chi connectivity index (χ2n) is 7.67. The van der Waals surface area contributed by atoms with Gasteiger partial charge in [-0.3, -0.25) is 0 Å². The van der Waals surface area contributed by atoms with Crippen molar-refractivity contribution in [1.29, 1.82) is 0 Å². The van der Waals surface area contributed by atoms with Crippen LogP contribution in [-0.4, -0.2) is 41.8 Å². The van der Waals surface area contributed by atoms with Gasteiger partial charge < -0.3 is 15.0 Å². The molecule has 1 saturated carbocycles. The number of rotatable bonds is 3. The average Bonchev–Trinajstić information content (AvgIpc) is 2.32. The van der Waals surface area contributed by atoms with Crippen molar-refractivity contribution in [2.24, 2.45) is 0 Å². The number of hydrogen-bond donors (Lipinski definition) is 1. The zero-order chi connectivity index (χ0) is 16.6. The summed E-state index contributed by atoms with van der Waals surface area (Å²) in [6.45, 7) is 7.04. The van der Waals surface area contributed by atoms with Gasteiger partial charge in [-0.2, -0.15) is 0 Å². The van der Waals surface area contributed by atoms with Crippen LogP contribution in [0.15, 0.2) is 24.3 Å². The maximum absolute atomic E-state index is 13.2. The minimum atomic E-state index is -0.443. The molecule has 5 heteroatoms. The summed E-state index contributed by atoms with van der Waals surface area (Å²) < 4.78 is 18.6. The first kappa shape index (κ1) is 16.2. The van der Waals surface area contributed by atoms with Crippen molar-refractivity contribution in [2.45, 2.75) is 57.2 Å². The van der Waals surface area contributed by atoms with Crippen molar-refractivity contribution in [3.05, 3.63) is 35.6 Å². The zero-order valence-electron chi connectivity index (χ0n) is 14.0. The van der Waals surface area contributed by atoms with Crippen LogP contribution in [0.3, 0.4) is 0 Å². The number of halogens is 1. The Morgan fingerprint density at radius 2 is 1.96 bits per heavy atom. The highest BCUT2D eigenvalue weighted by Gasteiger charge is 2.38. The number of hydrogen-bond acceptors (Lipinski definition) is 3. The van der Waals surface area contributed by atoms with E-state index in [1.807, 2.05) is 26.8 Å². The van der Waals surface area contributed by atoms with Crippen molar-refractivity contribution >= 4 is 6.09 Å². The molecule has 2 fully saturated rings. The standard InChI is InChI=1S/C18H25FN2O2/c1-18(2,3)23-17(22)21-10-16(11-21)20-15-8-13(9-15)12-5-4-6-14(19)7-12/h4-7,13,15-16,20H,8-11H2,1-3H3. The summed E-state index contributed by atoms with van der Waals surface area (Å²) in [6, 6.07) is 7.70. The number of nitrogens with zero attached hydrogens (tertiary/aromatic N) is 1. The minimum Gasteiger partial charge on any atom is -0.444 e. The molecule has 2 aliphatic rings. The third kappa shape index (κ3) is 4.02. The van der Waals surface area contributed by atoms with Gasteiger partial charge in [-0.05, 0) is 57.2 Å². The highest BCUT2D eigenvalue weighted by molar-refractivity contribution is 5.69. The summed E-state index contributed by atoms with van der Waals surface area (Å²) in [6.07, 6.45) is 1.83. The Kier molecular flexibility index (Phi) is 4.32. The fourth-order valence-electron chi connectivity index (χ4n) is 3.18. The summed E-state index contributed by atoms with van der Waals surface area (Å²) in [5.41, 5.74) is 0.647. The maximum Gasteiger partial charge on any atom is 0.410 e. The van der Waals surface area contributed by atoms with Gasteiger partial charge in [0, 0.05) is 25.2 Å². The molecule has 0 aromatic heterocycles. The number of carbonyl (C=O) groups excluding carboxylic acids is 1. The molecule has 1 N–H and O–H groups in total. The van der Waals surface area contributed by atoms with Crippen LogP contribution in [0.5, 0.6) is 0 Å². The highest BCUT2D eigenvalue weighted by Crippen LogP contribution is 2.37. The van der Waals surface area contributed by atoms with Crippen LogP contribution in [0.25, 0.3) is 0 Å². The van der Waals surface area contributed by atoms with Crippen molar-refractivity contribution in [3.8, 4) is 0 Å². The molecule has 23 heavy (non-hydrogen) atoms. The van der Waals surface area contributed by atoms with E-state index >= 15 is 0 Å². The third-order valence-corrected chi connectivity index (χ3v) is 4.46. The molecule has 3 rings (SSSR count). The van der Waals surface area contributed by atoms with Crippen LogP contribution in [0.4, 0.5) is 9.18 Å². The Labute approximate surface area is 137 Å². The average molecular weight is 320 g/mol. The van der Waals surface area contributed by atoms with E-state index in [0.29, 0.717) is 31.1 Å². The largest absolute Gasteiger partial charge is 0.444 e. The molecule has 1 aromatic carbocycles. The smallest absolute Gasteiger partial charge is 0.410 e. The lowest BCUT2D eigenvalue weighted by Crippen LogP contribution is -2.63. The van der Waals surface area contributed by atoms with E-state index in [4.69, 9.17) is 4.74 Å². The predicted molar refractivity (Wildman–Crippen MR) is 86.9 cm³/mol.